The number of benzene rings is 1. The molecule has 8 heteroatoms. The smallest absolute Gasteiger partial charge is 0.320 e. The third kappa shape index (κ3) is 2.63. The van der Waals surface area contributed by atoms with Gasteiger partial charge in [0.1, 0.15) is 17.7 Å². The van der Waals surface area contributed by atoms with Gasteiger partial charge in [-0.25, -0.2) is 18.6 Å². The van der Waals surface area contributed by atoms with E-state index in [-0.39, 0.29) is 41.6 Å². The number of hydrogen-bond acceptors (Lipinski definition) is 4. The number of rotatable bonds is 2. The maximum Gasteiger partial charge on any atom is 0.320 e. The summed E-state index contributed by atoms with van der Waals surface area (Å²) in [5.41, 5.74) is 0.559. The maximum absolute atomic E-state index is 14.0. The predicted molar refractivity (Wildman–Crippen MR) is 83.0 cm³/mol. The normalized spacial score (nSPS) is 22.7. The lowest BCUT2D eigenvalue weighted by Gasteiger charge is -2.16. The zero-order valence-corrected chi connectivity index (χ0v) is 12.8. The predicted octanol–water partition coefficient (Wildman–Crippen LogP) is 2.53. The Morgan fingerprint density at radius 3 is 2.80 bits per heavy atom. The van der Waals surface area contributed by atoms with Crippen LogP contribution in [0, 0.1) is 28.9 Å². The molecule has 2 amide bonds. The molecule has 1 aliphatic heterocycles. The zero-order valence-electron chi connectivity index (χ0n) is 12.8. The second-order valence-electron chi connectivity index (χ2n) is 5.94. The van der Waals surface area contributed by atoms with Crippen LogP contribution in [0.25, 0.3) is 0 Å². The Labute approximate surface area is 141 Å². The minimum atomic E-state index is -0.605. The molecule has 0 spiro atoms. The van der Waals surface area contributed by atoms with Gasteiger partial charge < -0.3 is 10.1 Å². The number of carbonyl (C=O) groups excluding carboxylic acids is 1. The number of amides is 2. The van der Waals surface area contributed by atoms with Gasteiger partial charge in [-0.2, -0.15) is 5.26 Å². The number of urea groups is 1. The lowest BCUT2D eigenvalue weighted by Crippen LogP contribution is -2.32. The van der Waals surface area contributed by atoms with E-state index in [0.717, 1.165) is 12.1 Å². The van der Waals surface area contributed by atoms with E-state index in [2.05, 4.69) is 15.6 Å². The first kappa shape index (κ1) is 15.3. The van der Waals surface area contributed by atoms with Crippen LogP contribution in [-0.4, -0.2) is 23.7 Å². The van der Waals surface area contributed by atoms with Crippen molar-refractivity contribution >= 4 is 11.8 Å². The molecular formula is C17H12F2N4O2. The van der Waals surface area contributed by atoms with Crippen LogP contribution in [0.15, 0.2) is 30.5 Å². The van der Waals surface area contributed by atoms with Crippen molar-refractivity contribution in [3.63, 3.8) is 0 Å². The van der Waals surface area contributed by atoms with Crippen molar-refractivity contribution in [2.75, 3.05) is 11.9 Å². The van der Waals surface area contributed by atoms with Gasteiger partial charge in [0, 0.05) is 29.6 Å². The van der Waals surface area contributed by atoms with Crippen molar-refractivity contribution in [1.82, 2.24) is 10.3 Å². The summed E-state index contributed by atoms with van der Waals surface area (Å²) in [6, 6.07) is 6.22. The van der Waals surface area contributed by atoms with Crippen LogP contribution in [-0.2, 0) is 0 Å². The molecule has 0 radical (unpaired) electrons. The first-order valence-electron chi connectivity index (χ1n) is 7.63. The number of anilines is 1. The van der Waals surface area contributed by atoms with Crippen LogP contribution < -0.4 is 15.4 Å². The summed E-state index contributed by atoms with van der Waals surface area (Å²) in [5, 5.41) is 14.0. The van der Waals surface area contributed by atoms with Crippen LogP contribution in [0.1, 0.15) is 17.0 Å². The van der Waals surface area contributed by atoms with Crippen LogP contribution in [0.4, 0.5) is 19.4 Å². The Morgan fingerprint density at radius 1 is 1.28 bits per heavy atom. The first-order valence-corrected chi connectivity index (χ1v) is 7.63. The van der Waals surface area contributed by atoms with E-state index in [0.29, 0.717) is 5.56 Å². The van der Waals surface area contributed by atoms with Crippen LogP contribution in [0.5, 0.6) is 5.75 Å². The molecule has 3 unspecified atom stereocenters. The van der Waals surface area contributed by atoms with E-state index < -0.39 is 17.7 Å². The molecule has 0 bridgehead atoms. The standard InChI is InChI=1S/C17H12F2N4O2/c18-10-2-3-11(19)16-14(10)13-9(7-25-16)15(13)23-17(24)22-12-4-1-8(5-20)6-21-12/h1-4,6,9,13,15H,7H2,(H2,21,22,23,24). The lowest BCUT2D eigenvalue weighted by atomic mass is 10.0. The Hall–Kier alpha value is -3.21. The highest BCUT2D eigenvalue weighted by Gasteiger charge is 2.57. The molecule has 1 fully saturated rings. The Kier molecular flexibility index (Phi) is 3.50. The van der Waals surface area contributed by atoms with Gasteiger partial charge in [0.2, 0.25) is 0 Å². The molecule has 25 heavy (non-hydrogen) atoms. The van der Waals surface area contributed by atoms with E-state index in [4.69, 9.17) is 10.00 Å². The molecule has 1 aromatic heterocycles. The number of ether oxygens (including phenoxy) is 1. The topological polar surface area (TPSA) is 87.0 Å². The minimum absolute atomic E-state index is 0.0697. The summed E-state index contributed by atoms with van der Waals surface area (Å²) in [5.74, 6) is -1.33. The first-order chi connectivity index (χ1) is 12.1. The second-order valence-corrected chi connectivity index (χ2v) is 5.94. The summed E-state index contributed by atoms with van der Waals surface area (Å²) in [6.07, 6.45) is 1.34. The number of nitrogens with one attached hydrogen (secondary N) is 2. The summed E-state index contributed by atoms with van der Waals surface area (Å²) >= 11 is 0. The van der Waals surface area contributed by atoms with Gasteiger partial charge in [0.15, 0.2) is 11.6 Å². The number of pyridine rings is 1. The number of carbonyl (C=O) groups is 1. The molecule has 3 atom stereocenters. The largest absolute Gasteiger partial charge is 0.490 e. The van der Waals surface area contributed by atoms with Crippen molar-refractivity contribution < 1.29 is 18.3 Å². The van der Waals surface area contributed by atoms with E-state index >= 15 is 0 Å². The minimum Gasteiger partial charge on any atom is -0.490 e. The number of fused-ring (bicyclic) bond motifs is 3. The molecule has 4 rings (SSSR count). The van der Waals surface area contributed by atoms with Gasteiger partial charge in [-0.05, 0) is 24.3 Å². The Bertz CT molecular complexity index is 895. The monoisotopic (exact) mass is 342 g/mol. The molecule has 2 aromatic rings. The van der Waals surface area contributed by atoms with Crippen molar-refractivity contribution in [1.29, 1.82) is 5.26 Å². The highest BCUT2D eigenvalue weighted by molar-refractivity contribution is 5.89. The quantitative estimate of drug-likeness (QED) is 0.878. The van der Waals surface area contributed by atoms with Gasteiger partial charge in [-0.15, -0.1) is 0 Å². The van der Waals surface area contributed by atoms with Gasteiger partial charge in [0.05, 0.1) is 12.2 Å². The maximum atomic E-state index is 14.0. The Balaban J connectivity index is 1.45. The van der Waals surface area contributed by atoms with Crippen LogP contribution in [0.3, 0.4) is 0 Å². The van der Waals surface area contributed by atoms with Gasteiger partial charge >= 0.3 is 6.03 Å². The summed E-state index contributed by atoms with van der Waals surface area (Å²) in [7, 11) is 0. The summed E-state index contributed by atoms with van der Waals surface area (Å²) in [6.45, 7) is 0.220. The van der Waals surface area contributed by atoms with Gasteiger partial charge in [0.25, 0.3) is 0 Å². The SMILES string of the molecule is N#Cc1ccc(NC(=O)NC2C3COc4c(F)ccc(F)c4C32)nc1. The van der Waals surface area contributed by atoms with Crippen LogP contribution >= 0.6 is 0 Å². The molecule has 1 aromatic carbocycles. The fraction of sp³-hybridized carbons (Fsp3) is 0.235. The molecule has 1 aliphatic carbocycles. The third-order valence-corrected chi connectivity index (χ3v) is 4.45. The molecule has 0 saturated heterocycles. The number of aromatic nitrogens is 1. The summed E-state index contributed by atoms with van der Waals surface area (Å²) in [4.78, 5) is 16.0. The molecular weight excluding hydrogens is 330 g/mol. The van der Waals surface area contributed by atoms with Crippen molar-refractivity contribution in [2.45, 2.75) is 12.0 Å². The van der Waals surface area contributed by atoms with Crippen molar-refractivity contribution in [2.24, 2.45) is 5.92 Å². The summed E-state index contributed by atoms with van der Waals surface area (Å²) < 4.78 is 33.1. The van der Waals surface area contributed by atoms with Crippen LogP contribution in [0.2, 0.25) is 0 Å². The molecule has 1 saturated carbocycles. The lowest BCUT2D eigenvalue weighted by molar-refractivity contribution is 0.247. The molecule has 2 aliphatic rings. The number of hydrogen-bond donors (Lipinski definition) is 2. The fourth-order valence-corrected chi connectivity index (χ4v) is 3.20. The van der Waals surface area contributed by atoms with E-state index in [9.17, 15) is 13.6 Å². The van der Waals surface area contributed by atoms with Crippen molar-refractivity contribution in [3.05, 3.63) is 53.2 Å². The average molecular weight is 342 g/mol. The van der Waals surface area contributed by atoms with E-state index in [1.165, 1.54) is 18.3 Å². The average Bonchev–Trinajstić information content (AvgIpc) is 3.31. The number of nitrogens with zero attached hydrogens (tertiary/aromatic N) is 2. The molecule has 2 heterocycles. The van der Waals surface area contributed by atoms with E-state index in [1.807, 2.05) is 6.07 Å². The fourth-order valence-electron chi connectivity index (χ4n) is 3.20. The number of nitriles is 1. The highest BCUT2D eigenvalue weighted by atomic mass is 19.1. The van der Waals surface area contributed by atoms with Crippen molar-refractivity contribution in [3.8, 4) is 11.8 Å². The number of halogens is 2. The molecule has 6 nitrogen and oxygen atoms in total. The Morgan fingerprint density at radius 2 is 2.08 bits per heavy atom. The molecule has 2 N–H and O–H groups in total. The molecule has 126 valence electrons. The van der Waals surface area contributed by atoms with E-state index in [1.54, 1.807) is 0 Å². The van der Waals surface area contributed by atoms with Gasteiger partial charge in [-0.3, -0.25) is 5.32 Å². The zero-order chi connectivity index (χ0) is 17.6. The third-order valence-electron chi connectivity index (χ3n) is 4.45. The highest BCUT2D eigenvalue weighted by Crippen LogP contribution is 2.55. The van der Waals surface area contributed by atoms with Gasteiger partial charge in [-0.1, -0.05) is 0 Å². The second kappa shape index (κ2) is 5.70.